The largest absolute Gasteiger partial charge is 0.352 e. The van der Waals surface area contributed by atoms with E-state index in [0.717, 1.165) is 42.6 Å². The Morgan fingerprint density at radius 1 is 0.838 bits per heavy atom. The summed E-state index contributed by atoms with van der Waals surface area (Å²) in [6.07, 6.45) is 6.07. The maximum absolute atomic E-state index is 13.8. The number of amides is 2. The average molecular weight is 515 g/mol. The highest BCUT2D eigenvalue weighted by atomic mass is 32.2. The number of carbonyl (C=O) groups excluding carboxylic acids is 2. The molecule has 3 aromatic carbocycles. The Morgan fingerprint density at radius 3 is 2.11 bits per heavy atom. The number of carbonyl (C=O) groups is 2. The molecule has 0 saturated heterocycles. The van der Waals surface area contributed by atoms with Gasteiger partial charge in [-0.2, -0.15) is 0 Å². The Bertz CT molecular complexity index is 1110. The van der Waals surface area contributed by atoms with Crippen molar-refractivity contribution in [1.29, 1.82) is 0 Å². The van der Waals surface area contributed by atoms with E-state index in [1.165, 1.54) is 17.5 Å². The lowest BCUT2D eigenvalue weighted by Crippen LogP contribution is -2.53. The SMILES string of the molecule is Cc1ccc(CSCC(=O)N(Cc2ccccc2)C(Cc2ccccc2)C(=O)NC2CCCCC2)cc1. The first-order chi connectivity index (χ1) is 18.1. The maximum atomic E-state index is 13.8. The number of benzene rings is 3. The van der Waals surface area contributed by atoms with Crippen LogP contribution in [-0.4, -0.2) is 34.6 Å². The van der Waals surface area contributed by atoms with Gasteiger partial charge in [0.25, 0.3) is 0 Å². The third-order valence-corrected chi connectivity index (χ3v) is 8.02. The van der Waals surface area contributed by atoms with Gasteiger partial charge in [-0.3, -0.25) is 9.59 Å². The molecule has 4 nitrogen and oxygen atoms in total. The van der Waals surface area contributed by atoms with Gasteiger partial charge in [-0.25, -0.2) is 0 Å². The minimum Gasteiger partial charge on any atom is -0.352 e. The Balaban J connectivity index is 1.54. The summed E-state index contributed by atoms with van der Waals surface area (Å²) in [6, 6.07) is 28.1. The second kappa shape index (κ2) is 14.0. The first-order valence-electron chi connectivity index (χ1n) is 13.4. The lowest BCUT2D eigenvalue weighted by Gasteiger charge is -2.33. The molecule has 0 radical (unpaired) electrons. The Hall–Kier alpha value is -3.05. The smallest absolute Gasteiger partial charge is 0.243 e. The zero-order chi connectivity index (χ0) is 25.9. The van der Waals surface area contributed by atoms with Crippen LogP contribution in [0, 0.1) is 6.92 Å². The molecule has 4 rings (SSSR count). The molecule has 0 heterocycles. The van der Waals surface area contributed by atoms with Crippen LogP contribution in [-0.2, 0) is 28.3 Å². The van der Waals surface area contributed by atoms with Crippen molar-refractivity contribution in [3.63, 3.8) is 0 Å². The molecule has 5 heteroatoms. The molecule has 1 atom stereocenters. The van der Waals surface area contributed by atoms with Crippen molar-refractivity contribution < 1.29 is 9.59 Å². The van der Waals surface area contributed by atoms with E-state index >= 15 is 0 Å². The molecule has 0 bridgehead atoms. The van der Waals surface area contributed by atoms with Crippen molar-refractivity contribution in [3.05, 3.63) is 107 Å². The summed E-state index contributed by atoms with van der Waals surface area (Å²) >= 11 is 1.61. The van der Waals surface area contributed by atoms with E-state index in [1.807, 2.05) is 65.6 Å². The van der Waals surface area contributed by atoms with Gasteiger partial charge in [0.2, 0.25) is 11.8 Å². The summed E-state index contributed by atoms with van der Waals surface area (Å²) in [5.41, 5.74) is 4.52. The minimum absolute atomic E-state index is 0.000639. The molecule has 0 spiro atoms. The molecule has 1 saturated carbocycles. The highest BCUT2D eigenvalue weighted by Gasteiger charge is 2.31. The van der Waals surface area contributed by atoms with Crippen molar-refractivity contribution in [3.8, 4) is 0 Å². The van der Waals surface area contributed by atoms with Gasteiger partial charge in [0.1, 0.15) is 6.04 Å². The highest BCUT2D eigenvalue weighted by Crippen LogP contribution is 2.21. The van der Waals surface area contributed by atoms with Crippen LogP contribution < -0.4 is 5.32 Å². The average Bonchev–Trinajstić information content (AvgIpc) is 2.93. The lowest BCUT2D eigenvalue weighted by molar-refractivity contribution is -0.139. The third kappa shape index (κ3) is 8.50. The van der Waals surface area contributed by atoms with Gasteiger partial charge in [-0.15, -0.1) is 11.8 Å². The van der Waals surface area contributed by atoms with Gasteiger partial charge in [0.15, 0.2) is 0 Å². The topological polar surface area (TPSA) is 49.4 Å². The Labute approximate surface area is 225 Å². The first kappa shape index (κ1) is 27.0. The summed E-state index contributed by atoms with van der Waals surface area (Å²) in [6.45, 7) is 2.49. The van der Waals surface area contributed by atoms with Gasteiger partial charge in [0.05, 0.1) is 5.75 Å². The molecule has 1 aliphatic rings. The number of aryl methyl sites for hydroxylation is 1. The van der Waals surface area contributed by atoms with Crippen LogP contribution in [0.25, 0.3) is 0 Å². The lowest BCUT2D eigenvalue weighted by atomic mass is 9.94. The molecule has 1 aliphatic carbocycles. The van der Waals surface area contributed by atoms with Crippen LogP contribution in [0.15, 0.2) is 84.9 Å². The predicted molar refractivity (Wildman–Crippen MR) is 153 cm³/mol. The maximum Gasteiger partial charge on any atom is 0.243 e. The Kier molecular flexibility index (Phi) is 10.2. The normalized spacial score (nSPS) is 14.6. The van der Waals surface area contributed by atoms with Gasteiger partial charge >= 0.3 is 0 Å². The van der Waals surface area contributed by atoms with Crippen molar-refractivity contribution >= 4 is 23.6 Å². The second-order valence-electron chi connectivity index (χ2n) is 10.0. The second-order valence-corrected chi connectivity index (χ2v) is 11.0. The van der Waals surface area contributed by atoms with Crippen molar-refractivity contribution in [2.75, 3.05) is 5.75 Å². The summed E-state index contributed by atoms with van der Waals surface area (Å²) in [5, 5.41) is 3.31. The number of hydrogen-bond acceptors (Lipinski definition) is 3. The zero-order valence-corrected chi connectivity index (χ0v) is 22.6. The summed E-state index contributed by atoms with van der Waals surface area (Å²) < 4.78 is 0. The van der Waals surface area contributed by atoms with Crippen LogP contribution in [0.4, 0.5) is 0 Å². The third-order valence-electron chi connectivity index (χ3n) is 7.03. The number of thioether (sulfide) groups is 1. The van der Waals surface area contributed by atoms with E-state index in [-0.39, 0.29) is 17.9 Å². The van der Waals surface area contributed by atoms with Crippen molar-refractivity contribution in [2.24, 2.45) is 0 Å². The number of rotatable bonds is 11. The highest BCUT2D eigenvalue weighted by molar-refractivity contribution is 7.99. The monoisotopic (exact) mass is 514 g/mol. The standard InChI is InChI=1S/C32H38N2O2S/c1-25-17-19-28(20-18-25)23-37-24-31(35)34(22-27-13-7-3-8-14-27)30(21-26-11-5-2-6-12-26)32(36)33-29-15-9-4-10-16-29/h2-3,5-8,11-14,17-20,29-30H,4,9-10,15-16,21-24H2,1H3,(H,33,36). The van der Waals surface area contributed by atoms with E-state index in [1.54, 1.807) is 11.8 Å². The molecule has 1 unspecified atom stereocenters. The van der Waals surface area contributed by atoms with Gasteiger partial charge < -0.3 is 10.2 Å². The fourth-order valence-corrected chi connectivity index (χ4v) is 5.77. The minimum atomic E-state index is -0.558. The molecule has 2 amide bonds. The van der Waals surface area contributed by atoms with Crippen molar-refractivity contribution in [1.82, 2.24) is 10.2 Å². The van der Waals surface area contributed by atoms with Gasteiger partial charge in [-0.1, -0.05) is 110 Å². The first-order valence-corrected chi connectivity index (χ1v) is 14.5. The number of hydrogen-bond donors (Lipinski definition) is 1. The molecular formula is C32H38N2O2S. The molecule has 1 N–H and O–H groups in total. The van der Waals surface area contributed by atoms with E-state index in [4.69, 9.17) is 0 Å². The summed E-state index contributed by atoms with van der Waals surface area (Å²) in [7, 11) is 0. The number of nitrogens with zero attached hydrogens (tertiary/aromatic N) is 1. The fourth-order valence-electron chi connectivity index (χ4n) is 4.90. The zero-order valence-electron chi connectivity index (χ0n) is 21.8. The summed E-state index contributed by atoms with van der Waals surface area (Å²) in [5.74, 6) is 1.06. The van der Waals surface area contributed by atoms with E-state index in [0.29, 0.717) is 18.7 Å². The van der Waals surface area contributed by atoms with Crippen LogP contribution in [0.3, 0.4) is 0 Å². The molecule has 194 valence electrons. The molecule has 37 heavy (non-hydrogen) atoms. The Morgan fingerprint density at radius 2 is 1.46 bits per heavy atom. The van der Waals surface area contributed by atoms with E-state index in [2.05, 4.69) is 36.5 Å². The van der Waals surface area contributed by atoms with E-state index in [9.17, 15) is 9.59 Å². The summed E-state index contributed by atoms with van der Waals surface area (Å²) in [4.78, 5) is 29.3. The van der Waals surface area contributed by atoms with Crippen LogP contribution in [0.5, 0.6) is 0 Å². The van der Waals surface area contributed by atoms with Crippen LogP contribution in [0.2, 0.25) is 0 Å². The van der Waals surface area contributed by atoms with Crippen LogP contribution >= 0.6 is 11.8 Å². The van der Waals surface area contributed by atoms with E-state index < -0.39 is 6.04 Å². The van der Waals surface area contributed by atoms with Crippen molar-refractivity contribution in [2.45, 2.75) is 69.8 Å². The van der Waals surface area contributed by atoms with Crippen LogP contribution in [0.1, 0.15) is 54.4 Å². The quantitative estimate of drug-likeness (QED) is 0.326. The van der Waals surface area contributed by atoms with Gasteiger partial charge in [-0.05, 0) is 36.5 Å². The van der Waals surface area contributed by atoms with Gasteiger partial charge in [0, 0.05) is 24.8 Å². The molecule has 0 aromatic heterocycles. The predicted octanol–water partition coefficient (Wildman–Crippen LogP) is 6.32. The molecule has 0 aliphatic heterocycles. The molecular weight excluding hydrogens is 476 g/mol. The fraction of sp³-hybridized carbons (Fsp3) is 0.375. The molecule has 1 fully saturated rings. The molecule has 3 aromatic rings. The number of nitrogens with one attached hydrogen (secondary N) is 1.